The number of anilines is 1. The van der Waals surface area contributed by atoms with E-state index in [1.807, 2.05) is 17.5 Å². The van der Waals surface area contributed by atoms with Gasteiger partial charge in [-0.2, -0.15) is 9.78 Å². The zero-order valence-electron chi connectivity index (χ0n) is 18.0. The van der Waals surface area contributed by atoms with Crippen LogP contribution in [0.1, 0.15) is 29.7 Å². The third kappa shape index (κ3) is 4.37. The highest BCUT2D eigenvalue weighted by Crippen LogP contribution is 2.28. The molecule has 11 heteroatoms. The van der Waals surface area contributed by atoms with Crippen LogP contribution >= 0.6 is 11.3 Å². The minimum Gasteiger partial charge on any atom is -0.310 e. The fourth-order valence-corrected chi connectivity index (χ4v) is 4.66. The van der Waals surface area contributed by atoms with Crippen LogP contribution in [0.2, 0.25) is 0 Å². The molecule has 0 spiro atoms. The number of nitro benzene ring substituents is 1. The molecule has 3 aromatic heterocycles. The molecule has 0 atom stereocenters. The second-order valence-electron chi connectivity index (χ2n) is 7.97. The Balaban J connectivity index is 1.47. The van der Waals surface area contributed by atoms with E-state index in [1.165, 1.54) is 28.2 Å². The summed E-state index contributed by atoms with van der Waals surface area (Å²) in [6.07, 6.45) is 3.39. The van der Waals surface area contributed by atoms with E-state index in [1.54, 1.807) is 18.2 Å². The maximum Gasteiger partial charge on any atom is 0.269 e. The van der Waals surface area contributed by atoms with Gasteiger partial charge in [0.25, 0.3) is 11.2 Å². The van der Waals surface area contributed by atoms with Crippen LogP contribution in [0.4, 0.5) is 11.5 Å². The molecule has 34 heavy (non-hydrogen) atoms. The lowest BCUT2D eigenvalue weighted by atomic mass is 9.97. The molecule has 4 aromatic rings. The molecule has 0 saturated heterocycles. The van der Waals surface area contributed by atoms with Gasteiger partial charge in [0.2, 0.25) is 11.9 Å². The minimum absolute atomic E-state index is 0.0195. The molecule has 0 unspecified atom stereocenters. The molecule has 172 valence electrons. The van der Waals surface area contributed by atoms with E-state index in [0.717, 1.165) is 29.8 Å². The Kier molecular flexibility index (Phi) is 5.76. The average Bonchev–Trinajstić information content (AvgIpc) is 3.50. The monoisotopic (exact) mass is 476 g/mol. The summed E-state index contributed by atoms with van der Waals surface area (Å²) in [6, 6.07) is 11.4. The van der Waals surface area contributed by atoms with E-state index in [4.69, 9.17) is 0 Å². The quantitative estimate of drug-likeness (QED) is 0.322. The number of aromatic amines is 1. The van der Waals surface area contributed by atoms with E-state index in [9.17, 15) is 19.7 Å². The van der Waals surface area contributed by atoms with Crippen molar-refractivity contribution in [2.24, 2.45) is 0 Å². The lowest BCUT2D eigenvalue weighted by Crippen LogP contribution is -2.25. The number of fused-ring (bicyclic) bond motifs is 1. The summed E-state index contributed by atoms with van der Waals surface area (Å²) in [6.45, 7) is 0. The standard InChI is InChI=1S/C23H20N6O4S/c30-21(12-14-7-9-15(10-8-14)29(32)33)25-20-13-18(19-6-3-11-34-19)27-28(20)23-24-17-5-2-1-4-16(17)22(31)26-23/h3,6-11,13H,1-2,4-5,12H2,(H,25,30)(H,24,26,31). The lowest BCUT2D eigenvalue weighted by molar-refractivity contribution is -0.384. The van der Waals surface area contributed by atoms with E-state index >= 15 is 0 Å². The van der Waals surface area contributed by atoms with Gasteiger partial charge in [-0.1, -0.05) is 18.2 Å². The van der Waals surface area contributed by atoms with Crippen LogP contribution < -0.4 is 10.9 Å². The molecule has 0 bridgehead atoms. The molecule has 0 radical (unpaired) electrons. The van der Waals surface area contributed by atoms with E-state index in [0.29, 0.717) is 29.1 Å². The number of carbonyl (C=O) groups excluding carboxylic acids is 1. The van der Waals surface area contributed by atoms with Gasteiger partial charge in [0.15, 0.2) is 0 Å². The maximum atomic E-state index is 12.8. The predicted molar refractivity (Wildman–Crippen MR) is 127 cm³/mol. The van der Waals surface area contributed by atoms with Crippen molar-refractivity contribution in [3.63, 3.8) is 0 Å². The van der Waals surface area contributed by atoms with Gasteiger partial charge in [-0.05, 0) is 42.7 Å². The summed E-state index contributed by atoms with van der Waals surface area (Å²) >= 11 is 1.51. The predicted octanol–water partition coefficient (Wildman–Crippen LogP) is 3.65. The summed E-state index contributed by atoms with van der Waals surface area (Å²) in [5.74, 6) is 0.293. The normalized spacial score (nSPS) is 12.8. The molecular formula is C23H20N6O4S. The highest BCUT2D eigenvalue weighted by molar-refractivity contribution is 7.13. The van der Waals surface area contributed by atoms with Crippen molar-refractivity contribution >= 4 is 28.7 Å². The van der Waals surface area contributed by atoms with Gasteiger partial charge in [0.1, 0.15) is 11.5 Å². The number of carbonyl (C=O) groups is 1. The molecule has 0 saturated carbocycles. The highest BCUT2D eigenvalue weighted by Gasteiger charge is 2.20. The third-order valence-corrected chi connectivity index (χ3v) is 6.53. The van der Waals surface area contributed by atoms with Crippen molar-refractivity contribution in [3.8, 4) is 16.5 Å². The summed E-state index contributed by atoms with van der Waals surface area (Å²) < 4.78 is 1.44. The summed E-state index contributed by atoms with van der Waals surface area (Å²) in [7, 11) is 0. The number of non-ortho nitro benzene ring substituents is 1. The molecular weight excluding hydrogens is 456 g/mol. The van der Waals surface area contributed by atoms with E-state index in [2.05, 4.69) is 20.4 Å². The Morgan fingerprint density at radius 1 is 1.21 bits per heavy atom. The second kappa shape index (κ2) is 9.02. The van der Waals surface area contributed by atoms with Crippen LogP contribution in [0.5, 0.6) is 0 Å². The first kappa shape index (κ1) is 21.7. The Labute approximate surface area is 197 Å². The Morgan fingerprint density at radius 2 is 2.00 bits per heavy atom. The number of nitro groups is 1. The molecule has 1 aliphatic rings. The van der Waals surface area contributed by atoms with Crippen molar-refractivity contribution in [2.45, 2.75) is 32.1 Å². The SMILES string of the molecule is O=C(Cc1ccc([N+](=O)[O-])cc1)Nc1cc(-c2cccs2)nn1-c1nc2c(c(=O)[nH]1)CCCC2. The Morgan fingerprint density at radius 3 is 2.74 bits per heavy atom. The van der Waals surface area contributed by atoms with Gasteiger partial charge in [-0.3, -0.25) is 24.7 Å². The summed E-state index contributed by atoms with van der Waals surface area (Å²) in [5.41, 5.74) is 2.53. The smallest absolute Gasteiger partial charge is 0.269 e. The molecule has 3 heterocycles. The van der Waals surface area contributed by atoms with Crippen LogP contribution in [0.3, 0.4) is 0 Å². The van der Waals surface area contributed by atoms with Crippen LogP contribution in [-0.2, 0) is 24.1 Å². The van der Waals surface area contributed by atoms with Crippen LogP contribution in [0.25, 0.3) is 16.5 Å². The number of aromatic nitrogens is 4. The minimum atomic E-state index is -0.485. The van der Waals surface area contributed by atoms with Gasteiger partial charge in [0.05, 0.1) is 21.9 Å². The molecule has 10 nitrogen and oxygen atoms in total. The van der Waals surface area contributed by atoms with Gasteiger partial charge in [-0.25, -0.2) is 4.98 Å². The largest absolute Gasteiger partial charge is 0.310 e. The molecule has 1 amide bonds. The molecule has 5 rings (SSSR count). The number of hydrogen-bond acceptors (Lipinski definition) is 7. The lowest BCUT2D eigenvalue weighted by Gasteiger charge is -2.15. The first-order valence-corrected chi connectivity index (χ1v) is 11.7. The van der Waals surface area contributed by atoms with Crippen LogP contribution in [0, 0.1) is 10.1 Å². The number of benzene rings is 1. The van der Waals surface area contributed by atoms with Gasteiger partial charge < -0.3 is 5.32 Å². The first-order valence-electron chi connectivity index (χ1n) is 10.8. The average molecular weight is 477 g/mol. The van der Waals surface area contributed by atoms with Crippen molar-refractivity contribution in [1.82, 2.24) is 19.7 Å². The zero-order chi connectivity index (χ0) is 23.7. The van der Waals surface area contributed by atoms with Crippen molar-refractivity contribution < 1.29 is 9.72 Å². The van der Waals surface area contributed by atoms with Gasteiger partial charge in [0, 0.05) is 23.8 Å². The number of aryl methyl sites for hydroxylation is 1. The second-order valence-corrected chi connectivity index (χ2v) is 8.92. The van der Waals surface area contributed by atoms with Crippen molar-refractivity contribution in [1.29, 1.82) is 0 Å². The van der Waals surface area contributed by atoms with Gasteiger partial charge >= 0.3 is 0 Å². The van der Waals surface area contributed by atoms with Crippen molar-refractivity contribution in [3.05, 3.63) is 85.1 Å². The van der Waals surface area contributed by atoms with E-state index in [-0.39, 0.29) is 29.5 Å². The Hall–Kier alpha value is -4.12. The molecule has 0 fully saturated rings. The number of nitrogens with zero attached hydrogens (tertiary/aromatic N) is 4. The zero-order valence-corrected chi connectivity index (χ0v) is 18.8. The van der Waals surface area contributed by atoms with E-state index < -0.39 is 4.92 Å². The first-order chi connectivity index (χ1) is 16.5. The fourth-order valence-electron chi connectivity index (χ4n) is 3.97. The molecule has 1 aromatic carbocycles. The maximum absolute atomic E-state index is 12.8. The van der Waals surface area contributed by atoms with Crippen LogP contribution in [-0.4, -0.2) is 30.6 Å². The Bertz CT molecular complexity index is 1420. The summed E-state index contributed by atoms with van der Waals surface area (Å²) in [4.78, 5) is 44.2. The third-order valence-electron chi connectivity index (χ3n) is 5.64. The fraction of sp³-hybridized carbons (Fsp3) is 0.217. The van der Waals surface area contributed by atoms with Crippen LogP contribution in [0.15, 0.2) is 52.6 Å². The number of rotatable bonds is 6. The van der Waals surface area contributed by atoms with Gasteiger partial charge in [-0.15, -0.1) is 11.3 Å². The summed E-state index contributed by atoms with van der Waals surface area (Å²) in [5, 5.41) is 20.2. The number of nitrogens with one attached hydrogen (secondary N) is 2. The molecule has 2 N–H and O–H groups in total. The number of thiophene rings is 1. The number of H-pyrrole nitrogens is 1. The molecule has 0 aliphatic heterocycles. The number of amides is 1. The topological polar surface area (TPSA) is 136 Å². The molecule has 1 aliphatic carbocycles. The highest BCUT2D eigenvalue weighted by atomic mass is 32.1. The number of hydrogen-bond donors (Lipinski definition) is 2. The van der Waals surface area contributed by atoms with Crippen molar-refractivity contribution in [2.75, 3.05) is 5.32 Å².